The Morgan fingerprint density at radius 3 is 1.96 bits per heavy atom. The number of allylic oxidation sites excluding steroid dienone is 2. The predicted molar refractivity (Wildman–Crippen MR) is 226 cm³/mol. The third-order valence-electron chi connectivity index (χ3n) is 11.7. The Balaban J connectivity index is 0.000000372. The second kappa shape index (κ2) is 17.9. The van der Waals surface area contributed by atoms with E-state index in [9.17, 15) is 9.90 Å². The number of hydrogen-bond acceptors (Lipinski definition) is 4. The van der Waals surface area contributed by atoms with Crippen molar-refractivity contribution in [1.82, 2.24) is 4.98 Å². The molecule has 3 aromatic carbocycles. The van der Waals surface area contributed by atoms with Gasteiger partial charge in [-0.3, -0.25) is 9.78 Å². The van der Waals surface area contributed by atoms with Crippen molar-refractivity contribution in [3.8, 4) is 22.4 Å². The van der Waals surface area contributed by atoms with Gasteiger partial charge in [0, 0.05) is 48.1 Å². The van der Waals surface area contributed by atoms with Crippen LogP contribution >= 0.6 is 0 Å². The Morgan fingerprint density at radius 1 is 0.852 bits per heavy atom. The summed E-state index contributed by atoms with van der Waals surface area (Å²) < 4.78 is 5.99. The summed E-state index contributed by atoms with van der Waals surface area (Å²) in [6.07, 6.45) is 7.67. The summed E-state index contributed by atoms with van der Waals surface area (Å²) in [7, 11) is 0. The Morgan fingerprint density at radius 2 is 1.43 bits per heavy atom. The summed E-state index contributed by atoms with van der Waals surface area (Å²) >= 11 is 0. The Bertz CT molecular complexity index is 2080. The molecule has 4 nitrogen and oxygen atoms in total. The largest absolute Gasteiger partial charge is 0.512 e. The number of carbonyl (C=O) groups excluding carboxylic acids is 1. The van der Waals surface area contributed by atoms with Crippen LogP contribution in [0, 0.1) is 43.6 Å². The number of furan rings is 1. The maximum atomic E-state index is 12.2. The van der Waals surface area contributed by atoms with Gasteiger partial charge in [-0.15, -0.1) is 29.1 Å². The van der Waals surface area contributed by atoms with Crippen LogP contribution < -0.4 is 0 Å². The van der Waals surface area contributed by atoms with E-state index in [4.69, 9.17) is 9.40 Å². The molecule has 5 heteroatoms. The third-order valence-corrected chi connectivity index (χ3v) is 11.7. The van der Waals surface area contributed by atoms with Gasteiger partial charge in [0.15, 0.2) is 5.78 Å². The minimum Gasteiger partial charge on any atom is -0.512 e. The molecule has 0 fully saturated rings. The van der Waals surface area contributed by atoms with E-state index in [2.05, 4.69) is 110 Å². The normalized spacial score (nSPS) is 12.5. The molecule has 1 radical (unpaired) electrons. The van der Waals surface area contributed by atoms with Gasteiger partial charge in [-0.25, -0.2) is 0 Å². The molecule has 0 aliphatic carbocycles. The monoisotopic (exact) mass is 907 g/mol. The molecule has 0 atom stereocenters. The maximum Gasteiger partial charge on any atom is 0.219 e. The van der Waals surface area contributed by atoms with Gasteiger partial charge >= 0.3 is 0 Å². The van der Waals surface area contributed by atoms with E-state index in [0.717, 1.165) is 59.7 Å². The molecule has 0 aliphatic heterocycles. The molecule has 0 bridgehead atoms. The predicted octanol–water partition coefficient (Wildman–Crippen LogP) is 14.2. The van der Waals surface area contributed by atoms with Crippen LogP contribution in [-0.2, 0) is 36.7 Å². The van der Waals surface area contributed by atoms with Crippen molar-refractivity contribution < 1.29 is 34.4 Å². The summed E-state index contributed by atoms with van der Waals surface area (Å²) in [5, 5.41) is 13.6. The van der Waals surface area contributed by atoms with Crippen LogP contribution in [0.1, 0.15) is 130 Å². The number of aromatic nitrogens is 1. The second-order valence-corrected chi connectivity index (χ2v) is 17.2. The van der Waals surface area contributed by atoms with Crippen molar-refractivity contribution >= 4 is 27.7 Å². The van der Waals surface area contributed by atoms with E-state index in [0.29, 0.717) is 11.6 Å². The fraction of sp³-hybridized carbons (Fsp3) is 0.469. The molecule has 54 heavy (non-hydrogen) atoms. The van der Waals surface area contributed by atoms with Crippen LogP contribution in [0.5, 0.6) is 0 Å². The maximum absolute atomic E-state index is 12.2. The number of aliphatic hydroxyl groups is 1. The average molecular weight is 907 g/mol. The number of aryl methyl sites for hydroxylation is 3. The average Bonchev–Trinajstić information content (AvgIpc) is 3.49. The molecule has 0 spiro atoms. The first-order chi connectivity index (χ1) is 24.8. The van der Waals surface area contributed by atoms with Crippen LogP contribution in [0.15, 0.2) is 71.0 Å². The molecule has 5 rings (SSSR count). The SMILES string of the molecule is CCC(C)(CC)C(=O)/C=C(\O)C(C)(CC)CC.Cc1cc(CC(C)C)cc(C)c1-c1cc(-c2[c-]c3ccccc3c(C(C)(C)C)c2)nc2occ(C)c12.[Ir]. The van der Waals surface area contributed by atoms with E-state index in [-0.39, 0.29) is 47.9 Å². The van der Waals surface area contributed by atoms with Crippen LogP contribution in [0.3, 0.4) is 0 Å². The summed E-state index contributed by atoms with van der Waals surface area (Å²) in [6.45, 7) is 30.0. The van der Waals surface area contributed by atoms with Crippen molar-refractivity contribution in [1.29, 1.82) is 0 Å². The van der Waals surface area contributed by atoms with E-state index in [1.165, 1.54) is 44.8 Å². The molecule has 293 valence electrons. The molecular weight excluding hydrogens is 843 g/mol. The number of hydrogen-bond donors (Lipinski definition) is 1. The summed E-state index contributed by atoms with van der Waals surface area (Å²) in [4.78, 5) is 17.2. The third kappa shape index (κ3) is 9.63. The number of aliphatic hydroxyl groups excluding tert-OH is 1. The van der Waals surface area contributed by atoms with Crippen molar-refractivity contribution in [2.45, 2.75) is 134 Å². The number of ketones is 1. The molecule has 2 aromatic heterocycles. The van der Waals surface area contributed by atoms with E-state index in [1.807, 2.05) is 47.8 Å². The van der Waals surface area contributed by atoms with E-state index < -0.39 is 0 Å². The molecular formula is C49H64IrNO3-. The van der Waals surface area contributed by atoms with Crippen molar-refractivity contribution in [3.05, 3.63) is 101 Å². The zero-order valence-electron chi connectivity index (χ0n) is 35.4. The van der Waals surface area contributed by atoms with Gasteiger partial charge in [0.2, 0.25) is 5.71 Å². The smallest absolute Gasteiger partial charge is 0.219 e. The van der Waals surface area contributed by atoms with Crippen LogP contribution in [0.2, 0.25) is 0 Å². The minimum atomic E-state index is -0.337. The van der Waals surface area contributed by atoms with Gasteiger partial charge in [-0.1, -0.05) is 124 Å². The van der Waals surface area contributed by atoms with Gasteiger partial charge in [0.25, 0.3) is 0 Å². The first-order valence-corrected chi connectivity index (χ1v) is 19.7. The second-order valence-electron chi connectivity index (χ2n) is 17.2. The van der Waals surface area contributed by atoms with Gasteiger partial charge in [0.1, 0.15) is 5.76 Å². The van der Waals surface area contributed by atoms with Crippen molar-refractivity contribution in [2.24, 2.45) is 16.7 Å². The topological polar surface area (TPSA) is 63.3 Å². The summed E-state index contributed by atoms with van der Waals surface area (Å²) in [6, 6.07) is 21.4. The molecule has 0 aliphatic rings. The minimum absolute atomic E-state index is 0. The number of carbonyl (C=O) groups is 1. The molecule has 2 heterocycles. The zero-order valence-corrected chi connectivity index (χ0v) is 37.8. The zero-order chi connectivity index (χ0) is 39.5. The van der Waals surface area contributed by atoms with E-state index >= 15 is 0 Å². The van der Waals surface area contributed by atoms with Gasteiger partial charge in [0.05, 0.1) is 6.26 Å². The standard InChI is InChI=1S/C34H36NO.C15H28O2.Ir/c1-20(2)13-24-14-21(3)31(22(4)15-24)28-18-30(35-33-32(28)23(5)19-36-33)26-16-25-11-9-10-12-27(25)29(17-26)34(6,7)8;1-7-14(5,8-2)12(16)11-13(17)15(6,9-3)10-4;/h9-12,14-15,17-20H,13H2,1-8H3;11,16H,7-10H2,1-6H3;/q-1;;/b;12-11-;. The van der Waals surface area contributed by atoms with Gasteiger partial charge in [-0.05, 0) is 97.6 Å². The molecule has 5 aromatic rings. The quantitative estimate of drug-likeness (QED) is 0.0815. The Kier molecular flexibility index (Phi) is 14.9. The van der Waals surface area contributed by atoms with Gasteiger partial charge < -0.3 is 9.52 Å². The van der Waals surface area contributed by atoms with Crippen LogP contribution in [0.25, 0.3) is 44.3 Å². The van der Waals surface area contributed by atoms with Crippen LogP contribution in [0.4, 0.5) is 0 Å². The fourth-order valence-electron chi connectivity index (χ4n) is 7.27. The fourth-order valence-corrected chi connectivity index (χ4v) is 7.27. The van der Waals surface area contributed by atoms with Crippen molar-refractivity contribution in [3.63, 3.8) is 0 Å². The van der Waals surface area contributed by atoms with Gasteiger partial charge in [-0.2, -0.15) is 0 Å². The molecule has 0 saturated heterocycles. The Hall–Kier alpha value is -3.53. The Labute approximate surface area is 339 Å². The van der Waals surface area contributed by atoms with Crippen LogP contribution in [-0.4, -0.2) is 15.9 Å². The first kappa shape index (κ1) is 44.9. The number of pyridine rings is 1. The summed E-state index contributed by atoms with van der Waals surface area (Å²) in [5.74, 6) is 0.916. The van der Waals surface area contributed by atoms with Crippen molar-refractivity contribution in [2.75, 3.05) is 0 Å². The summed E-state index contributed by atoms with van der Waals surface area (Å²) in [5.41, 5.74) is 10.8. The molecule has 0 amide bonds. The van der Waals surface area contributed by atoms with E-state index in [1.54, 1.807) is 0 Å². The number of nitrogens with zero attached hydrogens (tertiary/aromatic N) is 1. The molecule has 0 saturated carbocycles. The number of rotatable bonds is 11. The first-order valence-electron chi connectivity index (χ1n) is 19.7. The molecule has 1 N–H and O–H groups in total. The number of fused-ring (bicyclic) bond motifs is 2. The number of benzene rings is 3. The molecule has 0 unspecified atom stereocenters.